The first-order valence-corrected chi connectivity index (χ1v) is 4.72. The SMILES string of the molecule is Cc1cc(CC(=O)O)nc([N+](=O)[O-])c1OC(F)(F)F. The van der Waals surface area contributed by atoms with Crippen molar-refractivity contribution in [1.29, 1.82) is 0 Å². The number of aliphatic carboxylic acids is 1. The highest BCUT2D eigenvalue weighted by Gasteiger charge is 2.36. The summed E-state index contributed by atoms with van der Waals surface area (Å²) in [7, 11) is 0. The lowest BCUT2D eigenvalue weighted by atomic mass is 10.2. The van der Waals surface area contributed by atoms with E-state index in [2.05, 4.69) is 9.72 Å². The molecule has 0 aliphatic carbocycles. The maximum atomic E-state index is 12.1. The summed E-state index contributed by atoms with van der Waals surface area (Å²) in [6.45, 7) is 1.13. The molecule has 1 aromatic heterocycles. The first kappa shape index (κ1) is 14.7. The fourth-order valence-electron chi connectivity index (χ4n) is 1.32. The van der Waals surface area contributed by atoms with Gasteiger partial charge in [-0.05, 0) is 22.9 Å². The van der Waals surface area contributed by atoms with Crippen molar-refractivity contribution in [3.05, 3.63) is 27.4 Å². The Labute approximate surface area is 103 Å². The zero-order valence-electron chi connectivity index (χ0n) is 9.39. The van der Waals surface area contributed by atoms with Crippen molar-refractivity contribution in [3.63, 3.8) is 0 Å². The maximum Gasteiger partial charge on any atom is 0.573 e. The number of rotatable bonds is 4. The van der Waals surface area contributed by atoms with Gasteiger partial charge in [-0.3, -0.25) is 4.79 Å². The van der Waals surface area contributed by atoms with Gasteiger partial charge in [0.1, 0.15) is 6.42 Å². The fourth-order valence-corrected chi connectivity index (χ4v) is 1.32. The van der Waals surface area contributed by atoms with Crippen LogP contribution in [0, 0.1) is 17.0 Å². The van der Waals surface area contributed by atoms with Crippen molar-refractivity contribution in [2.45, 2.75) is 19.7 Å². The molecule has 19 heavy (non-hydrogen) atoms. The standard InChI is InChI=1S/C9H7F3N2O5/c1-4-2-5(3-6(15)16)13-8(14(17)18)7(4)19-9(10,11)12/h2H,3H2,1H3,(H,15,16). The molecule has 1 aromatic rings. The normalized spacial score (nSPS) is 11.2. The first-order chi connectivity index (χ1) is 8.60. The van der Waals surface area contributed by atoms with E-state index in [9.17, 15) is 28.1 Å². The molecular formula is C9H7F3N2O5. The highest BCUT2D eigenvalue weighted by molar-refractivity contribution is 5.70. The van der Waals surface area contributed by atoms with Crippen LogP contribution in [0.3, 0.4) is 0 Å². The van der Waals surface area contributed by atoms with E-state index in [0.717, 1.165) is 13.0 Å². The van der Waals surface area contributed by atoms with Gasteiger partial charge in [-0.1, -0.05) is 0 Å². The van der Waals surface area contributed by atoms with Crippen molar-refractivity contribution in [3.8, 4) is 5.75 Å². The van der Waals surface area contributed by atoms with Crippen LogP contribution in [0.25, 0.3) is 0 Å². The van der Waals surface area contributed by atoms with Crippen LogP contribution in [0.15, 0.2) is 6.07 Å². The van der Waals surface area contributed by atoms with Crippen molar-refractivity contribution < 1.29 is 32.7 Å². The van der Waals surface area contributed by atoms with E-state index in [1.807, 2.05) is 0 Å². The van der Waals surface area contributed by atoms with Gasteiger partial charge in [-0.2, -0.15) is 0 Å². The molecule has 0 saturated heterocycles. The predicted molar refractivity (Wildman–Crippen MR) is 53.7 cm³/mol. The predicted octanol–water partition coefficient (Wildman–Crippen LogP) is 1.82. The Bertz CT molecular complexity index is 529. The molecule has 0 aliphatic heterocycles. The number of hydrogen-bond acceptors (Lipinski definition) is 5. The largest absolute Gasteiger partial charge is 0.573 e. The van der Waals surface area contributed by atoms with Gasteiger partial charge in [0.25, 0.3) is 0 Å². The number of aryl methyl sites for hydroxylation is 1. The van der Waals surface area contributed by atoms with Crippen molar-refractivity contribution >= 4 is 11.8 Å². The summed E-state index contributed by atoms with van der Waals surface area (Å²) in [6.07, 6.45) is -5.75. The summed E-state index contributed by atoms with van der Waals surface area (Å²) in [5.41, 5.74) is -0.457. The molecule has 0 bridgehead atoms. The lowest BCUT2D eigenvalue weighted by molar-refractivity contribution is -0.393. The van der Waals surface area contributed by atoms with Gasteiger partial charge in [0.2, 0.25) is 5.75 Å². The Morgan fingerprint density at radius 1 is 1.58 bits per heavy atom. The molecule has 1 heterocycles. The Morgan fingerprint density at radius 2 is 2.16 bits per heavy atom. The molecule has 0 amide bonds. The van der Waals surface area contributed by atoms with E-state index in [1.165, 1.54) is 0 Å². The molecule has 0 aliphatic rings. The molecule has 0 aromatic carbocycles. The van der Waals surface area contributed by atoms with Crippen molar-refractivity contribution in [1.82, 2.24) is 4.98 Å². The van der Waals surface area contributed by atoms with Gasteiger partial charge in [-0.25, -0.2) is 0 Å². The third kappa shape index (κ3) is 4.08. The van der Waals surface area contributed by atoms with Gasteiger partial charge in [-0.15, -0.1) is 13.2 Å². The molecule has 1 N–H and O–H groups in total. The van der Waals surface area contributed by atoms with E-state index in [1.54, 1.807) is 0 Å². The van der Waals surface area contributed by atoms with E-state index in [4.69, 9.17) is 5.11 Å². The monoisotopic (exact) mass is 280 g/mol. The number of carboxylic acid groups (broad SMARTS) is 1. The van der Waals surface area contributed by atoms with Crippen LogP contribution in [0.2, 0.25) is 0 Å². The molecule has 0 radical (unpaired) electrons. The minimum atomic E-state index is -5.11. The first-order valence-electron chi connectivity index (χ1n) is 4.72. The second-order valence-electron chi connectivity index (χ2n) is 3.46. The number of ether oxygens (including phenoxy) is 1. The Kier molecular flexibility index (Phi) is 3.92. The third-order valence-corrected chi connectivity index (χ3v) is 1.92. The molecule has 0 fully saturated rings. The van der Waals surface area contributed by atoms with Gasteiger partial charge in [0.05, 0.1) is 0 Å². The van der Waals surface area contributed by atoms with Crippen LogP contribution in [0.4, 0.5) is 19.0 Å². The summed E-state index contributed by atoms with van der Waals surface area (Å²) in [5, 5.41) is 19.2. The maximum absolute atomic E-state index is 12.1. The Hall–Kier alpha value is -2.39. The van der Waals surface area contributed by atoms with Crippen LogP contribution < -0.4 is 4.74 Å². The number of carbonyl (C=O) groups is 1. The van der Waals surface area contributed by atoms with Crippen LogP contribution in [-0.2, 0) is 11.2 Å². The summed E-state index contributed by atoms with van der Waals surface area (Å²) in [6, 6.07) is 0.988. The molecule has 0 spiro atoms. The topological polar surface area (TPSA) is 103 Å². The van der Waals surface area contributed by atoms with Gasteiger partial charge >= 0.3 is 18.1 Å². The molecule has 0 saturated carbocycles. The lowest BCUT2D eigenvalue weighted by Crippen LogP contribution is -2.19. The molecule has 10 heteroatoms. The minimum absolute atomic E-state index is 0.227. The zero-order chi connectivity index (χ0) is 14.8. The Balaban J connectivity index is 3.31. The van der Waals surface area contributed by atoms with E-state index in [-0.39, 0.29) is 11.3 Å². The number of pyridine rings is 1. The van der Waals surface area contributed by atoms with Crippen LogP contribution >= 0.6 is 0 Å². The summed E-state index contributed by atoms with van der Waals surface area (Å²) >= 11 is 0. The number of halogens is 3. The number of carboxylic acids is 1. The van der Waals surface area contributed by atoms with Crippen LogP contribution in [0.5, 0.6) is 5.75 Å². The molecule has 1 rings (SSSR count). The summed E-state index contributed by atoms with van der Waals surface area (Å²) < 4.78 is 39.9. The Morgan fingerprint density at radius 3 is 2.58 bits per heavy atom. The number of nitro groups is 1. The van der Waals surface area contributed by atoms with E-state index in [0.29, 0.717) is 0 Å². The third-order valence-electron chi connectivity index (χ3n) is 1.92. The van der Waals surface area contributed by atoms with Crippen LogP contribution in [0.1, 0.15) is 11.3 Å². The average molecular weight is 280 g/mol. The van der Waals surface area contributed by atoms with Crippen molar-refractivity contribution in [2.24, 2.45) is 0 Å². The highest BCUT2D eigenvalue weighted by atomic mass is 19.4. The summed E-state index contributed by atoms with van der Waals surface area (Å²) in [4.78, 5) is 23.2. The molecular weight excluding hydrogens is 273 g/mol. The fraction of sp³-hybridized carbons (Fsp3) is 0.333. The number of hydrogen-bond donors (Lipinski definition) is 1. The molecule has 7 nitrogen and oxygen atoms in total. The van der Waals surface area contributed by atoms with Crippen LogP contribution in [-0.4, -0.2) is 27.3 Å². The van der Waals surface area contributed by atoms with Gasteiger partial charge < -0.3 is 20.0 Å². The quantitative estimate of drug-likeness (QED) is 0.666. The number of alkyl halides is 3. The van der Waals surface area contributed by atoms with E-state index >= 15 is 0 Å². The second kappa shape index (κ2) is 5.08. The second-order valence-corrected chi connectivity index (χ2v) is 3.46. The van der Waals surface area contributed by atoms with Crippen molar-refractivity contribution in [2.75, 3.05) is 0 Å². The average Bonchev–Trinajstić information content (AvgIpc) is 2.18. The molecule has 0 atom stereocenters. The molecule has 0 unspecified atom stereocenters. The highest BCUT2D eigenvalue weighted by Crippen LogP contribution is 2.34. The summed E-state index contributed by atoms with van der Waals surface area (Å²) in [5.74, 6) is -3.54. The smallest absolute Gasteiger partial charge is 0.481 e. The van der Waals surface area contributed by atoms with E-state index < -0.39 is 35.2 Å². The molecule has 104 valence electrons. The minimum Gasteiger partial charge on any atom is -0.481 e. The van der Waals surface area contributed by atoms with Gasteiger partial charge in [0, 0.05) is 5.56 Å². The number of aromatic nitrogens is 1. The zero-order valence-corrected chi connectivity index (χ0v) is 9.39. The van der Waals surface area contributed by atoms with Gasteiger partial charge in [0.15, 0.2) is 5.69 Å². The lowest BCUT2D eigenvalue weighted by Gasteiger charge is -2.11. The number of nitrogens with zero attached hydrogens (tertiary/aromatic N) is 2.